The fraction of sp³-hybridized carbons (Fsp3) is 0.467. The molecule has 38 heavy (non-hydrogen) atoms. The highest BCUT2D eigenvalue weighted by atomic mass is 35.5. The lowest BCUT2D eigenvalue weighted by atomic mass is 9.66. The fourth-order valence-corrected chi connectivity index (χ4v) is 6.29. The molecular weight excluding hydrogens is 537 g/mol. The molecule has 1 heterocycles. The minimum absolute atomic E-state index is 0.00237. The van der Waals surface area contributed by atoms with Gasteiger partial charge in [0.1, 0.15) is 12.2 Å². The number of halogens is 2. The van der Waals surface area contributed by atoms with Crippen molar-refractivity contribution in [1.82, 2.24) is 9.62 Å². The van der Waals surface area contributed by atoms with Crippen LogP contribution in [0.25, 0.3) is 0 Å². The van der Waals surface area contributed by atoms with Crippen LogP contribution in [0.15, 0.2) is 61.2 Å². The van der Waals surface area contributed by atoms with Gasteiger partial charge < -0.3 is 4.90 Å². The summed E-state index contributed by atoms with van der Waals surface area (Å²) in [6.07, 6.45) is 5.51. The molecule has 0 spiro atoms. The Morgan fingerprint density at radius 2 is 1.92 bits per heavy atom. The van der Waals surface area contributed by atoms with Crippen molar-refractivity contribution < 1.29 is 8.98 Å². The predicted octanol–water partition coefficient (Wildman–Crippen LogP) is 8.48. The molecule has 2 aromatic carbocycles. The summed E-state index contributed by atoms with van der Waals surface area (Å²) in [6, 6.07) is 15.4. The third-order valence-electron chi connectivity index (χ3n) is 7.37. The monoisotopic (exact) mass is 573 g/mol. The van der Waals surface area contributed by atoms with Crippen molar-refractivity contribution in [3.63, 3.8) is 0 Å². The molecule has 0 aromatic heterocycles. The van der Waals surface area contributed by atoms with Gasteiger partial charge in [-0.2, -0.15) is 5.26 Å². The molecule has 1 aliphatic rings. The number of amides is 1. The Bertz CT molecular complexity index is 1160. The topological polar surface area (TPSA) is 65.4 Å². The number of nitrogens with zero attached hydrogens (tertiary/aromatic N) is 2. The first-order valence-corrected chi connectivity index (χ1v) is 14.4. The number of nitriles is 1. The first-order chi connectivity index (χ1) is 17.9. The van der Waals surface area contributed by atoms with Crippen molar-refractivity contribution in [2.24, 2.45) is 11.3 Å². The van der Waals surface area contributed by atoms with Gasteiger partial charge >= 0.3 is 0 Å². The number of likely N-dealkylation sites (tertiary alicyclic amines) is 1. The van der Waals surface area contributed by atoms with E-state index in [1.807, 2.05) is 75.5 Å². The summed E-state index contributed by atoms with van der Waals surface area (Å²) in [4.78, 5) is 16.6. The van der Waals surface area contributed by atoms with Gasteiger partial charge in [0.05, 0.1) is 17.1 Å². The van der Waals surface area contributed by atoms with Crippen LogP contribution in [-0.2, 0) is 8.98 Å². The van der Waals surface area contributed by atoms with Crippen LogP contribution < -0.4 is 4.72 Å². The lowest BCUT2D eigenvalue weighted by Crippen LogP contribution is -2.58. The van der Waals surface area contributed by atoms with E-state index in [4.69, 9.17) is 32.6 Å². The molecule has 0 radical (unpaired) electrons. The summed E-state index contributed by atoms with van der Waals surface area (Å²) in [5.41, 5.74) is 0.870. The van der Waals surface area contributed by atoms with E-state index in [1.165, 1.54) is 0 Å². The average Bonchev–Trinajstić information content (AvgIpc) is 2.85. The lowest BCUT2D eigenvalue weighted by Gasteiger charge is -2.53. The number of benzene rings is 2. The molecule has 0 unspecified atom stereocenters. The zero-order valence-corrected chi connectivity index (χ0v) is 25.0. The van der Waals surface area contributed by atoms with Gasteiger partial charge in [0.25, 0.3) is 0 Å². The van der Waals surface area contributed by atoms with E-state index in [-0.39, 0.29) is 29.8 Å². The second kappa shape index (κ2) is 12.8. The minimum Gasteiger partial charge on any atom is -0.331 e. The predicted molar refractivity (Wildman–Crippen MR) is 158 cm³/mol. The van der Waals surface area contributed by atoms with Crippen LogP contribution >= 0.6 is 35.4 Å². The SMILES string of the molecule is C=CC[C@@]1(C)C[C@H](c2cccc(Cl)c2)[C@@H](c2ccc(Cl)cc2)N([C@@H](CC(C)(C)OSNC#N)C(C)C)C1=O. The normalized spacial score (nSPS) is 22.7. The zero-order chi connectivity index (χ0) is 28.1. The van der Waals surface area contributed by atoms with Gasteiger partial charge in [-0.3, -0.25) is 8.98 Å². The Labute approximate surface area is 241 Å². The van der Waals surface area contributed by atoms with Gasteiger partial charge in [-0.1, -0.05) is 74.3 Å². The van der Waals surface area contributed by atoms with Crippen molar-refractivity contribution in [3.8, 4) is 6.19 Å². The Kier molecular flexibility index (Phi) is 10.2. The summed E-state index contributed by atoms with van der Waals surface area (Å²) >= 11 is 13.7. The van der Waals surface area contributed by atoms with Crippen LogP contribution in [0, 0.1) is 22.8 Å². The summed E-state index contributed by atoms with van der Waals surface area (Å²) in [7, 11) is 0. The molecule has 0 saturated carbocycles. The first kappa shape index (κ1) is 30.4. The number of allylic oxidation sites excluding steroid dienone is 1. The van der Waals surface area contributed by atoms with Crippen molar-refractivity contribution in [2.45, 2.75) is 77.5 Å². The molecule has 1 N–H and O–H groups in total. The molecule has 1 fully saturated rings. The number of hydrogen-bond acceptors (Lipinski definition) is 5. The van der Waals surface area contributed by atoms with Gasteiger partial charge in [0, 0.05) is 22.0 Å². The molecule has 4 atom stereocenters. The highest BCUT2D eigenvalue weighted by molar-refractivity contribution is 7.92. The van der Waals surface area contributed by atoms with Crippen molar-refractivity contribution in [3.05, 3.63) is 82.4 Å². The Hall–Kier alpha value is -2.17. The molecule has 0 aliphatic carbocycles. The maximum atomic E-state index is 14.5. The summed E-state index contributed by atoms with van der Waals surface area (Å²) in [5, 5.41) is 10.2. The molecule has 1 saturated heterocycles. The summed E-state index contributed by atoms with van der Waals surface area (Å²) in [6.45, 7) is 14.3. The summed E-state index contributed by atoms with van der Waals surface area (Å²) < 4.78 is 8.44. The molecular formula is C30H37Cl2N3O2S. The van der Waals surface area contributed by atoms with Crippen molar-refractivity contribution >= 4 is 41.3 Å². The molecule has 1 amide bonds. The molecule has 1 aliphatic heterocycles. The maximum absolute atomic E-state index is 14.5. The standard InChI is InChI=1S/C30H37Cl2N3O2S/c1-7-15-30(6)17-25(22-9-8-10-24(32)16-22)27(21-11-13-23(31)14-12-21)35(28(30)36)26(20(2)3)18-29(4,5)37-38-34-19-33/h7-14,16,20,25-27,34H,1,15,17-18H2,2-6H3/t25-,26+,27-,30+/m1/s1. The maximum Gasteiger partial charge on any atom is 0.229 e. The number of piperidine rings is 1. The van der Waals surface area contributed by atoms with Gasteiger partial charge in [0.15, 0.2) is 6.19 Å². The van der Waals surface area contributed by atoms with E-state index in [0.717, 1.165) is 23.4 Å². The van der Waals surface area contributed by atoms with E-state index in [1.54, 1.807) is 0 Å². The van der Waals surface area contributed by atoms with Crippen LogP contribution in [-0.4, -0.2) is 22.4 Å². The first-order valence-electron chi connectivity index (χ1n) is 12.9. The number of hydrogen-bond donors (Lipinski definition) is 1. The van der Waals surface area contributed by atoms with Crippen LogP contribution in [0.1, 0.15) is 77.0 Å². The van der Waals surface area contributed by atoms with Crippen LogP contribution in [0.5, 0.6) is 0 Å². The van der Waals surface area contributed by atoms with E-state index in [0.29, 0.717) is 29.3 Å². The Morgan fingerprint density at radius 3 is 2.50 bits per heavy atom. The molecule has 8 heteroatoms. The van der Waals surface area contributed by atoms with Crippen LogP contribution in [0.3, 0.4) is 0 Å². The van der Waals surface area contributed by atoms with Crippen LogP contribution in [0.2, 0.25) is 10.0 Å². The second-order valence-electron chi connectivity index (χ2n) is 11.3. The zero-order valence-electron chi connectivity index (χ0n) is 22.7. The van der Waals surface area contributed by atoms with Crippen molar-refractivity contribution in [2.75, 3.05) is 0 Å². The van der Waals surface area contributed by atoms with E-state index in [2.05, 4.69) is 36.1 Å². The number of carbonyl (C=O) groups is 1. The average molecular weight is 575 g/mol. The van der Waals surface area contributed by atoms with Gasteiger partial charge in [-0.15, -0.1) is 6.58 Å². The number of nitrogens with one attached hydrogen (secondary N) is 1. The minimum atomic E-state index is -0.632. The van der Waals surface area contributed by atoms with Gasteiger partial charge in [-0.25, -0.2) is 4.72 Å². The molecule has 0 bridgehead atoms. The summed E-state index contributed by atoms with van der Waals surface area (Å²) in [5.74, 6) is 0.238. The quantitative estimate of drug-likeness (QED) is 0.0728. The van der Waals surface area contributed by atoms with Gasteiger partial charge in [-0.05, 0) is 74.4 Å². The van der Waals surface area contributed by atoms with Gasteiger partial charge in [0.2, 0.25) is 5.91 Å². The Balaban J connectivity index is 2.20. The molecule has 204 valence electrons. The van der Waals surface area contributed by atoms with Crippen molar-refractivity contribution in [1.29, 1.82) is 5.26 Å². The third kappa shape index (κ3) is 7.07. The third-order valence-corrected chi connectivity index (χ3v) is 8.56. The molecule has 2 aromatic rings. The molecule has 3 rings (SSSR count). The largest absolute Gasteiger partial charge is 0.331 e. The van der Waals surface area contributed by atoms with E-state index >= 15 is 0 Å². The fourth-order valence-electron chi connectivity index (χ4n) is 5.60. The van der Waals surface area contributed by atoms with E-state index in [9.17, 15) is 4.79 Å². The lowest BCUT2D eigenvalue weighted by molar-refractivity contribution is -0.157. The van der Waals surface area contributed by atoms with Crippen LogP contribution in [0.4, 0.5) is 0 Å². The smallest absolute Gasteiger partial charge is 0.229 e. The number of rotatable bonds is 11. The molecule has 5 nitrogen and oxygen atoms in total. The van der Waals surface area contributed by atoms with E-state index < -0.39 is 11.0 Å². The highest BCUT2D eigenvalue weighted by Gasteiger charge is 2.52. The number of carbonyl (C=O) groups excluding carboxylic acids is 1. The Morgan fingerprint density at radius 1 is 1.24 bits per heavy atom. The second-order valence-corrected chi connectivity index (χ2v) is 12.7. The highest BCUT2D eigenvalue weighted by Crippen LogP contribution is 2.53.